The minimum atomic E-state index is -2.78. The number of rotatable bonds is 7. The molecule has 0 heterocycles. The van der Waals surface area contributed by atoms with E-state index >= 15 is 0 Å². The molecule has 82 valence electrons. The van der Waals surface area contributed by atoms with Crippen LogP contribution < -0.4 is 5.32 Å². The van der Waals surface area contributed by atoms with Gasteiger partial charge in [-0.05, 0) is 19.8 Å². The third-order valence-corrected chi connectivity index (χ3v) is 2.12. The Balaban J connectivity index is 2.14. The smallest absolute Gasteiger partial charge is 0.283 e. The van der Waals surface area contributed by atoms with Gasteiger partial charge in [-0.3, -0.25) is 0 Å². The zero-order valence-corrected chi connectivity index (χ0v) is 8.43. The van der Waals surface area contributed by atoms with Crippen molar-refractivity contribution < 1.29 is 13.5 Å². The first-order valence-corrected chi connectivity index (χ1v) is 4.89. The van der Waals surface area contributed by atoms with E-state index in [2.05, 4.69) is 11.9 Å². The van der Waals surface area contributed by atoms with E-state index in [1.165, 1.54) is 6.08 Å². The summed E-state index contributed by atoms with van der Waals surface area (Å²) in [5, 5.41) is 2.78. The average molecular weight is 205 g/mol. The largest absolute Gasteiger partial charge is 0.368 e. The topological polar surface area (TPSA) is 21.3 Å². The molecule has 0 spiro atoms. The first kappa shape index (κ1) is 11.6. The van der Waals surface area contributed by atoms with Crippen LogP contribution in [0, 0.1) is 0 Å². The number of nitrogens with one attached hydrogen (secondary N) is 1. The second-order valence-electron chi connectivity index (χ2n) is 3.76. The summed E-state index contributed by atoms with van der Waals surface area (Å²) < 4.78 is 31.1. The Kier molecular flexibility index (Phi) is 4.01. The van der Waals surface area contributed by atoms with E-state index in [1.807, 2.05) is 0 Å². The highest BCUT2D eigenvalue weighted by molar-refractivity contribution is 4.84. The van der Waals surface area contributed by atoms with Gasteiger partial charge in [-0.2, -0.15) is 0 Å². The standard InChI is InChI=1S/C10H17F2NO/c1-3-8(2)14-7-10(11,12)6-13-9-4-5-9/h3,8-9,13H,1,4-7H2,2H3. The van der Waals surface area contributed by atoms with Crippen LogP contribution in [-0.4, -0.2) is 31.2 Å². The summed E-state index contributed by atoms with van der Waals surface area (Å²) in [4.78, 5) is 0. The highest BCUT2D eigenvalue weighted by Gasteiger charge is 2.32. The van der Waals surface area contributed by atoms with Crippen LogP contribution >= 0.6 is 0 Å². The van der Waals surface area contributed by atoms with Crippen molar-refractivity contribution in [1.29, 1.82) is 0 Å². The molecule has 0 aromatic heterocycles. The monoisotopic (exact) mass is 205 g/mol. The molecule has 0 aromatic carbocycles. The molecule has 1 fully saturated rings. The van der Waals surface area contributed by atoms with E-state index in [0.29, 0.717) is 6.04 Å². The van der Waals surface area contributed by atoms with E-state index in [-0.39, 0.29) is 12.6 Å². The quantitative estimate of drug-likeness (QED) is 0.641. The molecule has 0 radical (unpaired) electrons. The van der Waals surface area contributed by atoms with E-state index in [4.69, 9.17) is 4.74 Å². The summed E-state index contributed by atoms with van der Waals surface area (Å²) in [6.45, 7) is 4.32. The second-order valence-corrected chi connectivity index (χ2v) is 3.76. The van der Waals surface area contributed by atoms with Gasteiger partial charge in [-0.1, -0.05) is 6.08 Å². The van der Waals surface area contributed by atoms with Crippen LogP contribution in [-0.2, 0) is 4.74 Å². The normalized spacial score (nSPS) is 19.4. The van der Waals surface area contributed by atoms with Gasteiger partial charge in [-0.15, -0.1) is 6.58 Å². The Morgan fingerprint density at radius 1 is 1.64 bits per heavy atom. The van der Waals surface area contributed by atoms with Crippen LogP contribution in [0.3, 0.4) is 0 Å². The number of hydrogen-bond donors (Lipinski definition) is 1. The number of alkyl halides is 2. The van der Waals surface area contributed by atoms with Crippen molar-refractivity contribution in [2.75, 3.05) is 13.2 Å². The van der Waals surface area contributed by atoms with Gasteiger partial charge < -0.3 is 10.1 Å². The molecule has 1 aliphatic rings. The van der Waals surface area contributed by atoms with E-state index in [1.54, 1.807) is 6.92 Å². The Bertz CT molecular complexity index is 193. The van der Waals surface area contributed by atoms with Gasteiger partial charge in [0.2, 0.25) is 0 Å². The molecule has 4 heteroatoms. The van der Waals surface area contributed by atoms with Crippen molar-refractivity contribution in [2.45, 2.75) is 37.8 Å². The Morgan fingerprint density at radius 3 is 2.79 bits per heavy atom. The molecule has 1 aliphatic carbocycles. The fourth-order valence-corrected chi connectivity index (χ4v) is 0.954. The molecule has 0 aliphatic heterocycles. The molecule has 1 saturated carbocycles. The summed E-state index contributed by atoms with van der Waals surface area (Å²) in [6, 6.07) is 0.303. The van der Waals surface area contributed by atoms with Crippen LogP contribution in [0.15, 0.2) is 12.7 Å². The third-order valence-electron chi connectivity index (χ3n) is 2.12. The van der Waals surface area contributed by atoms with Gasteiger partial charge in [0.25, 0.3) is 5.92 Å². The van der Waals surface area contributed by atoms with Gasteiger partial charge >= 0.3 is 0 Å². The fourth-order valence-electron chi connectivity index (χ4n) is 0.954. The first-order valence-electron chi connectivity index (χ1n) is 4.89. The van der Waals surface area contributed by atoms with Gasteiger partial charge in [0.05, 0.1) is 12.6 Å². The molecule has 0 aromatic rings. The van der Waals surface area contributed by atoms with Crippen molar-refractivity contribution in [3.8, 4) is 0 Å². The van der Waals surface area contributed by atoms with Gasteiger partial charge in [0.1, 0.15) is 6.61 Å². The lowest BCUT2D eigenvalue weighted by Gasteiger charge is -2.18. The summed E-state index contributed by atoms with van der Waals surface area (Å²) in [5.74, 6) is -2.78. The van der Waals surface area contributed by atoms with E-state index < -0.39 is 12.5 Å². The van der Waals surface area contributed by atoms with Crippen molar-refractivity contribution in [1.82, 2.24) is 5.32 Å². The minimum Gasteiger partial charge on any atom is -0.368 e. The predicted molar refractivity (Wildman–Crippen MR) is 51.6 cm³/mol. The lowest BCUT2D eigenvalue weighted by molar-refractivity contribution is -0.0849. The summed E-state index contributed by atoms with van der Waals surface area (Å²) in [6.07, 6.45) is 3.21. The Hall–Kier alpha value is -0.480. The highest BCUT2D eigenvalue weighted by atomic mass is 19.3. The fraction of sp³-hybridized carbons (Fsp3) is 0.800. The maximum atomic E-state index is 13.1. The number of halogens is 2. The molecular weight excluding hydrogens is 188 g/mol. The van der Waals surface area contributed by atoms with Crippen LogP contribution in [0.4, 0.5) is 8.78 Å². The van der Waals surface area contributed by atoms with Crippen LogP contribution in [0.25, 0.3) is 0 Å². The molecule has 2 nitrogen and oxygen atoms in total. The zero-order chi connectivity index (χ0) is 10.6. The minimum absolute atomic E-state index is 0.290. The van der Waals surface area contributed by atoms with Crippen LogP contribution in [0.1, 0.15) is 19.8 Å². The lowest BCUT2D eigenvalue weighted by atomic mass is 10.3. The van der Waals surface area contributed by atoms with Gasteiger partial charge in [0.15, 0.2) is 0 Å². The van der Waals surface area contributed by atoms with Crippen molar-refractivity contribution >= 4 is 0 Å². The van der Waals surface area contributed by atoms with Gasteiger partial charge in [-0.25, -0.2) is 8.78 Å². The zero-order valence-electron chi connectivity index (χ0n) is 8.43. The average Bonchev–Trinajstić information content (AvgIpc) is 2.95. The summed E-state index contributed by atoms with van der Waals surface area (Å²) in [7, 11) is 0. The van der Waals surface area contributed by atoms with Crippen LogP contribution in [0.5, 0.6) is 0 Å². The maximum Gasteiger partial charge on any atom is 0.283 e. The molecule has 1 atom stereocenters. The third kappa shape index (κ3) is 4.67. The number of hydrogen-bond acceptors (Lipinski definition) is 2. The van der Waals surface area contributed by atoms with Gasteiger partial charge in [0, 0.05) is 6.04 Å². The summed E-state index contributed by atoms with van der Waals surface area (Å²) in [5.41, 5.74) is 0. The molecule has 0 amide bonds. The molecule has 1 rings (SSSR count). The molecule has 14 heavy (non-hydrogen) atoms. The first-order chi connectivity index (χ1) is 6.53. The maximum absolute atomic E-state index is 13.1. The highest BCUT2D eigenvalue weighted by Crippen LogP contribution is 2.21. The van der Waals surface area contributed by atoms with Crippen molar-refractivity contribution in [2.24, 2.45) is 0 Å². The van der Waals surface area contributed by atoms with E-state index in [0.717, 1.165) is 12.8 Å². The molecule has 0 saturated heterocycles. The molecule has 1 unspecified atom stereocenters. The van der Waals surface area contributed by atoms with Crippen molar-refractivity contribution in [3.63, 3.8) is 0 Å². The summed E-state index contributed by atoms with van der Waals surface area (Å²) >= 11 is 0. The van der Waals surface area contributed by atoms with E-state index in [9.17, 15) is 8.78 Å². The SMILES string of the molecule is C=CC(C)OCC(F)(F)CNC1CC1. The number of ether oxygens (including phenoxy) is 1. The molecule has 0 bridgehead atoms. The molecule has 1 N–H and O–H groups in total. The van der Waals surface area contributed by atoms with Crippen molar-refractivity contribution in [3.05, 3.63) is 12.7 Å². The van der Waals surface area contributed by atoms with Crippen LogP contribution in [0.2, 0.25) is 0 Å². The molecular formula is C10H17F2NO. The Labute approximate surface area is 83.3 Å². The lowest BCUT2D eigenvalue weighted by Crippen LogP contribution is -2.38. The second kappa shape index (κ2) is 4.84. The predicted octanol–water partition coefficient (Wildman–Crippen LogP) is 1.96. The Morgan fingerprint density at radius 2 is 2.29 bits per heavy atom.